The van der Waals surface area contributed by atoms with Gasteiger partial charge in [-0.2, -0.15) is 0 Å². The molecule has 1 aromatic heterocycles. The van der Waals surface area contributed by atoms with Crippen molar-refractivity contribution in [1.82, 2.24) is 20.9 Å². The number of nitrogens with zero attached hydrogens (tertiary/aromatic N) is 2. The molecule has 0 aliphatic heterocycles. The molecule has 0 aliphatic rings. The maximum atomic E-state index is 11.7. The third-order valence-corrected chi connectivity index (χ3v) is 3.23. The zero-order chi connectivity index (χ0) is 18.1. The first kappa shape index (κ1) is 18.3. The van der Waals surface area contributed by atoms with Crippen LogP contribution in [0.1, 0.15) is 16.1 Å². The van der Waals surface area contributed by atoms with Crippen molar-refractivity contribution in [3.63, 3.8) is 0 Å². The predicted octanol–water partition coefficient (Wildman–Crippen LogP) is 0.745. The van der Waals surface area contributed by atoms with E-state index in [2.05, 4.69) is 32.2 Å². The van der Waals surface area contributed by atoms with Crippen LogP contribution in [0, 0.1) is 0 Å². The molecule has 4 N–H and O–H groups in total. The van der Waals surface area contributed by atoms with Gasteiger partial charge in [-0.25, -0.2) is 4.63 Å². The van der Waals surface area contributed by atoms with Crippen LogP contribution in [0.25, 0.3) is 0 Å². The third-order valence-electron chi connectivity index (χ3n) is 3.23. The summed E-state index contributed by atoms with van der Waals surface area (Å²) in [5, 5.41) is 12.7. The number of nitrogen functional groups attached to an aromatic ring is 1. The Kier molecular flexibility index (Phi) is 6.78. The summed E-state index contributed by atoms with van der Waals surface area (Å²) in [6.07, 6.45) is 1.67. The van der Waals surface area contributed by atoms with Crippen LogP contribution >= 0.6 is 0 Å². The van der Waals surface area contributed by atoms with Crippen molar-refractivity contribution in [2.45, 2.75) is 6.54 Å². The van der Waals surface area contributed by atoms with E-state index in [1.54, 1.807) is 13.2 Å². The van der Waals surface area contributed by atoms with Crippen molar-refractivity contribution in [1.29, 1.82) is 0 Å². The van der Waals surface area contributed by atoms with Crippen molar-refractivity contribution in [3.8, 4) is 11.5 Å². The van der Waals surface area contributed by atoms with Crippen LogP contribution in [0.2, 0.25) is 0 Å². The minimum atomic E-state index is -0.425. The lowest BCUT2D eigenvalue weighted by atomic mass is 10.2. The first-order valence-corrected chi connectivity index (χ1v) is 7.63. The molecular formula is C16H21N5O4. The highest BCUT2D eigenvalue weighted by Crippen LogP contribution is 2.27. The Labute approximate surface area is 145 Å². The quantitative estimate of drug-likeness (QED) is 0.425. The van der Waals surface area contributed by atoms with Gasteiger partial charge in [-0.05, 0) is 28.0 Å². The fourth-order valence-electron chi connectivity index (χ4n) is 2.02. The van der Waals surface area contributed by atoms with Gasteiger partial charge in [0.1, 0.15) is 6.61 Å². The Morgan fingerprint density at radius 2 is 2.20 bits per heavy atom. The lowest BCUT2D eigenvalue weighted by molar-refractivity contribution is 0.0944. The molecule has 0 radical (unpaired) electrons. The summed E-state index contributed by atoms with van der Waals surface area (Å²) >= 11 is 0. The maximum Gasteiger partial charge on any atom is 0.277 e. The monoisotopic (exact) mass is 347 g/mol. The molecule has 0 bridgehead atoms. The van der Waals surface area contributed by atoms with Gasteiger partial charge >= 0.3 is 0 Å². The predicted molar refractivity (Wildman–Crippen MR) is 91.4 cm³/mol. The molecule has 1 amide bonds. The van der Waals surface area contributed by atoms with Gasteiger partial charge in [0.05, 0.1) is 7.11 Å². The Morgan fingerprint density at radius 3 is 2.88 bits per heavy atom. The molecule has 25 heavy (non-hydrogen) atoms. The first-order valence-electron chi connectivity index (χ1n) is 7.63. The fraction of sp³-hybridized carbons (Fsp3) is 0.312. The number of benzene rings is 1. The number of nitrogens with one attached hydrogen (secondary N) is 2. The van der Waals surface area contributed by atoms with E-state index in [-0.39, 0.29) is 11.5 Å². The molecule has 0 unspecified atom stereocenters. The van der Waals surface area contributed by atoms with Crippen molar-refractivity contribution < 1.29 is 18.9 Å². The van der Waals surface area contributed by atoms with Crippen LogP contribution in [-0.4, -0.2) is 43.0 Å². The van der Waals surface area contributed by atoms with Crippen LogP contribution in [0.5, 0.6) is 11.5 Å². The van der Waals surface area contributed by atoms with E-state index in [1.807, 2.05) is 18.2 Å². The number of aromatic nitrogens is 2. The molecule has 0 saturated heterocycles. The van der Waals surface area contributed by atoms with Gasteiger partial charge < -0.3 is 25.8 Å². The highest BCUT2D eigenvalue weighted by molar-refractivity contribution is 5.95. The Hall–Kier alpha value is -3.07. The van der Waals surface area contributed by atoms with Crippen LogP contribution in [0.15, 0.2) is 35.5 Å². The molecule has 1 heterocycles. The number of carbonyl (C=O) groups is 1. The molecule has 0 saturated carbocycles. The van der Waals surface area contributed by atoms with E-state index in [0.717, 1.165) is 5.56 Å². The average molecular weight is 347 g/mol. The first-order chi connectivity index (χ1) is 12.2. The summed E-state index contributed by atoms with van der Waals surface area (Å²) in [5.41, 5.74) is 6.46. The second kappa shape index (κ2) is 9.28. The van der Waals surface area contributed by atoms with Crippen LogP contribution in [-0.2, 0) is 6.54 Å². The number of rotatable bonds is 10. The van der Waals surface area contributed by atoms with E-state index in [1.165, 1.54) is 0 Å². The van der Waals surface area contributed by atoms with Gasteiger partial charge in [0.25, 0.3) is 5.91 Å². The summed E-state index contributed by atoms with van der Waals surface area (Å²) in [5.74, 6) is 0.864. The minimum Gasteiger partial charge on any atom is -0.493 e. The molecule has 0 atom stereocenters. The molecular weight excluding hydrogens is 326 g/mol. The Balaban J connectivity index is 1.75. The van der Waals surface area contributed by atoms with Gasteiger partial charge in [-0.3, -0.25) is 4.79 Å². The summed E-state index contributed by atoms with van der Waals surface area (Å²) < 4.78 is 15.2. The largest absolute Gasteiger partial charge is 0.493 e. The molecule has 9 nitrogen and oxygen atoms in total. The molecule has 0 aliphatic carbocycles. The van der Waals surface area contributed by atoms with Gasteiger partial charge in [0.2, 0.25) is 11.5 Å². The highest BCUT2D eigenvalue weighted by Gasteiger charge is 2.14. The number of hydrogen-bond acceptors (Lipinski definition) is 8. The van der Waals surface area contributed by atoms with Crippen LogP contribution in [0.3, 0.4) is 0 Å². The smallest absolute Gasteiger partial charge is 0.277 e. The standard InChI is InChI=1S/C16H21N5O4/c1-3-8-24-12-5-4-11(9-13(12)23-2)10-18-6-7-19-16(22)14-15(17)21-25-20-14/h3-5,9,18H,1,6-8,10H2,2H3,(H2,17,21)(H,19,22). The lowest BCUT2D eigenvalue weighted by Gasteiger charge is -2.11. The second-order valence-electron chi connectivity index (χ2n) is 5.02. The molecule has 1 aromatic carbocycles. The number of ether oxygens (including phenoxy) is 2. The average Bonchev–Trinajstić information content (AvgIpc) is 3.06. The van der Waals surface area contributed by atoms with E-state index in [9.17, 15) is 4.79 Å². The second-order valence-corrected chi connectivity index (χ2v) is 5.02. The summed E-state index contributed by atoms with van der Waals surface area (Å²) in [4.78, 5) is 11.7. The number of methoxy groups -OCH3 is 1. The van der Waals surface area contributed by atoms with Gasteiger partial charge in [0, 0.05) is 19.6 Å². The van der Waals surface area contributed by atoms with Crippen molar-refractivity contribution in [2.75, 3.05) is 32.5 Å². The molecule has 2 rings (SSSR count). The van der Waals surface area contributed by atoms with Gasteiger partial charge in [-0.1, -0.05) is 18.7 Å². The zero-order valence-electron chi connectivity index (χ0n) is 13.9. The van der Waals surface area contributed by atoms with Gasteiger partial charge in [-0.15, -0.1) is 0 Å². The van der Waals surface area contributed by atoms with Crippen LogP contribution in [0.4, 0.5) is 5.82 Å². The Morgan fingerprint density at radius 1 is 1.36 bits per heavy atom. The number of nitrogens with two attached hydrogens (primary N) is 1. The third kappa shape index (κ3) is 5.21. The summed E-state index contributed by atoms with van der Waals surface area (Å²) in [6.45, 7) is 5.61. The summed E-state index contributed by atoms with van der Waals surface area (Å²) in [6, 6.07) is 5.68. The maximum absolute atomic E-state index is 11.7. The van der Waals surface area contributed by atoms with Crippen molar-refractivity contribution >= 4 is 11.7 Å². The summed E-state index contributed by atoms with van der Waals surface area (Å²) in [7, 11) is 1.59. The van der Waals surface area contributed by atoms with E-state index in [0.29, 0.717) is 37.7 Å². The van der Waals surface area contributed by atoms with Crippen molar-refractivity contribution in [3.05, 3.63) is 42.1 Å². The number of anilines is 1. The Bertz CT molecular complexity index is 716. The van der Waals surface area contributed by atoms with E-state index < -0.39 is 5.91 Å². The normalized spacial score (nSPS) is 10.3. The number of carbonyl (C=O) groups excluding carboxylic acids is 1. The molecule has 0 fully saturated rings. The zero-order valence-corrected chi connectivity index (χ0v) is 13.9. The van der Waals surface area contributed by atoms with Gasteiger partial charge in [0.15, 0.2) is 11.5 Å². The minimum absolute atomic E-state index is 0.0140. The fourth-order valence-corrected chi connectivity index (χ4v) is 2.02. The molecule has 134 valence electrons. The lowest BCUT2D eigenvalue weighted by Crippen LogP contribution is -2.32. The molecule has 0 spiro atoms. The highest BCUT2D eigenvalue weighted by atomic mass is 16.6. The SMILES string of the molecule is C=CCOc1ccc(CNCCNC(=O)c2nonc2N)cc1OC. The van der Waals surface area contributed by atoms with Crippen LogP contribution < -0.4 is 25.8 Å². The van der Waals surface area contributed by atoms with Crippen molar-refractivity contribution in [2.24, 2.45) is 0 Å². The van der Waals surface area contributed by atoms with E-state index >= 15 is 0 Å². The number of amides is 1. The molecule has 9 heteroatoms. The number of hydrogen-bond donors (Lipinski definition) is 3. The molecule has 2 aromatic rings. The van der Waals surface area contributed by atoms with E-state index in [4.69, 9.17) is 15.2 Å². The topological polar surface area (TPSA) is 125 Å².